The minimum Gasteiger partial charge on any atom is -0.327 e. The van der Waals surface area contributed by atoms with Gasteiger partial charge in [-0.2, -0.15) is 0 Å². The molecule has 1 atom stereocenters. The number of benzene rings is 2. The first-order valence-corrected chi connectivity index (χ1v) is 6.47. The summed E-state index contributed by atoms with van der Waals surface area (Å²) in [7, 11) is 0. The van der Waals surface area contributed by atoms with E-state index in [2.05, 4.69) is 24.3 Å². The second kappa shape index (κ2) is 4.91. The Morgan fingerprint density at radius 2 is 1.67 bits per heavy atom. The van der Waals surface area contributed by atoms with Gasteiger partial charge in [0.15, 0.2) is 0 Å². The Kier molecular flexibility index (Phi) is 3.11. The predicted octanol–water partition coefficient (Wildman–Crippen LogP) is 1.97. The number of hydrogen-bond acceptors (Lipinski definition) is 0. The van der Waals surface area contributed by atoms with Crippen LogP contribution in [0.1, 0.15) is 16.7 Å². The number of fused-ring (bicyclic) bond motifs is 1. The van der Waals surface area contributed by atoms with Crippen LogP contribution in [0.15, 0.2) is 48.5 Å². The quantitative estimate of drug-likeness (QED) is 0.821. The smallest absolute Gasteiger partial charge is 0.132 e. The van der Waals surface area contributed by atoms with Gasteiger partial charge in [0.25, 0.3) is 0 Å². The molecule has 1 unspecified atom stereocenters. The molecule has 1 aliphatic rings. The van der Waals surface area contributed by atoms with Crippen molar-refractivity contribution in [2.24, 2.45) is 0 Å². The van der Waals surface area contributed by atoms with Gasteiger partial charge >= 0.3 is 0 Å². The first-order chi connectivity index (χ1) is 8.83. The molecule has 92 valence electrons. The Labute approximate surface area is 107 Å². The zero-order chi connectivity index (χ0) is 12.4. The maximum atomic E-state index is 13.6. The van der Waals surface area contributed by atoms with E-state index >= 15 is 0 Å². The van der Waals surface area contributed by atoms with E-state index in [0.29, 0.717) is 0 Å². The molecule has 1 aliphatic heterocycles. The molecular formula is C16H17FN+. The molecule has 18 heavy (non-hydrogen) atoms. The zero-order valence-corrected chi connectivity index (χ0v) is 10.3. The van der Waals surface area contributed by atoms with Crippen LogP contribution in [-0.4, -0.2) is 6.54 Å². The van der Waals surface area contributed by atoms with Crippen LogP contribution in [-0.2, 0) is 19.5 Å². The standard InChI is InChI=1S/C16H16FN/c17-16-8-4-3-7-15(16)12-18-10-9-13-5-1-2-6-14(13)11-18/h1-8H,9-12H2/p+1. The van der Waals surface area contributed by atoms with Crippen molar-refractivity contribution < 1.29 is 9.29 Å². The summed E-state index contributed by atoms with van der Waals surface area (Å²) in [4.78, 5) is 1.44. The van der Waals surface area contributed by atoms with Crippen LogP contribution < -0.4 is 4.90 Å². The summed E-state index contributed by atoms with van der Waals surface area (Å²) in [5.74, 6) is -0.0798. The summed E-state index contributed by atoms with van der Waals surface area (Å²) in [5, 5.41) is 0. The maximum Gasteiger partial charge on any atom is 0.132 e. The third-order valence-corrected chi connectivity index (χ3v) is 3.71. The second-order valence-electron chi connectivity index (χ2n) is 4.96. The Balaban J connectivity index is 1.75. The van der Waals surface area contributed by atoms with E-state index in [1.807, 2.05) is 12.1 Å². The molecule has 1 nitrogen and oxygen atoms in total. The lowest BCUT2D eigenvalue weighted by Crippen LogP contribution is -3.10. The lowest BCUT2D eigenvalue weighted by Gasteiger charge is -2.26. The van der Waals surface area contributed by atoms with Gasteiger partial charge in [-0.15, -0.1) is 0 Å². The average molecular weight is 242 g/mol. The minimum atomic E-state index is -0.0798. The molecule has 0 saturated carbocycles. The van der Waals surface area contributed by atoms with E-state index in [-0.39, 0.29) is 5.82 Å². The molecule has 1 N–H and O–H groups in total. The highest BCUT2D eigenvalue weighted by Crippen LogP contribution is 2.11. The molecule has 0 aromatic heterocycles. The van der Waals surface area contributed by atoms with Crippen molar-refractivity contribution in [3.05, 3.63) is 71.0 Å². The van der Waals surface area contributed by atoms with Gasteiger partial charge in [0.2, 0.25) is 0 Å². The normalized spacial score (nSPS) is 18.4. The fourth-order valence-electron chi connectivity index (χ4n) is 2.70. The summed E-state index contributed by atoms with van der Waals surface area (Å²) in [6.45, 7) is 2.87. The summed E-state index contributed by atoms with van der Waals surface area (Å²) in [6, 6.07) is 15.7. The van der Waals surface area contributed by atoms with Crippen molar-refractivity contribution in [2.45, 2.75) is 19.5 Å². The van der Waals surface area contributed by atoms with Gasteiger partial charge in [0.1, 0.15) is 18.9 Å². The lowest BCUT2D eigenvalue weighted by molar-refractivity contribution is -0.929. The Bertz CT molecular complexity index is 550. The van der Waals surface area contributed by atoms with Gasteiger partial charge in [-0.05, 0) is 11.6 Å². The Morgan fingerprint density at radius 3 is 2.50 bits per heavy atom. The first kappa shape index (κ1) is 11.4. The number of rotatable bonds is 2. The molecule has 0 spiro atoms. The molecule has 0 aliphatic carbocycles. The molecule has 2 aromatic carbocycles. The summed E-state index contributed by atoms with van der Waals surface area (Å²) < 4.78 is 13.6. The zero-order valence-electron chi connectivity index (χ0n) is 10.3. The molecule has 2 aromatic rings. The van der Waals surface area contributed by atoms with Crippen LogP contribution in [0.2, 0.25) is 0 Å². The van der Waals surface area contributed by atoms with Crippen LogP contribution in [0.4, 0.5) is 4.39 Å². The third kappa shape index (κ3) is 2.29. The SMILES string of the molecule is Fc1ccccc1C[NH+]1CCc2ccccc2C1. The Hall–Kier alpha value is -1.67. The average Bonchev–Trinajstić information content (AvgIpc) is 2.41. The predicted molar refractivity (Wildman–Crippen MR) is 69.8 cm³/mol. The first-order valence-electron chi connectivity index (χ1n) is 6.47. The van der Waals surface area contributed by atoms with Gasteiger partial charge in [-0.3, -0.25) is 0 Å². The van der Waals surface area contributed by atoms with Gasteiger partial charge in [-0.25, -0.2) is 4.39 Å². The highest BCUT2D eigenvalue weighted by molar-refractivity contribution is 5.27. The van der Waals surface area contributed by atoms with E-state index in [1.54, 1.807) is 12.1 Å². The third-order valence-electron chi connectivity index (χ3n) is 3.71. The van der Waals surface area contributed by atoms with Crippen molar-refractivity contribution in [3.8, 4) is 0 Å². The van der Waals surface area contributed by atoms with Gasteiger partial charge in [-0.1, -0.05) is 42.5 Å². The highest BCUT2D eigenvalue weighted by Gasteiger charge is 2.19. The molecule has 3 rings (SSSR count). The van der Waals surface area contributed by atoms with Crippen molar-refractivity contribution in [3.63, 3.8) is 0 Å². The second-order valence-corrected chi connectivity index (χ2v) is 4.96. The molecular weight excluding hydrogens is 225 g/mol. The Morgan fingerprint density at radius 1 is 0.944 bits per heavy atom. The summed E-state index contributed by atoms with van der Waals surface area (Å²) in [5.41, 5.74) is 3.69. The van der Waals surface area contributed by atoms with Crippen molar-refractivity contribution in [2.75, 3.05) is 6.54 Å². The molecule has 1 heterocycles. The number of nitrogens with one attached hydrogen (secondary N) is 1. The van der Waals surface area contributed by atoms with E-state index in [0.717, 1.165) is 31.6 Å². The summed E-state index contributed by atoms with van der Waals surface area (Å²) >= 11 is 0. The number of quaternary nitrogens is 1. The van der Waals surface area contributed by atoms with Crippen molar-refractivity contribution in [1.29, 1.82) is 0 Å². The van der Waals surface area contributed by atoms with Gasteiger partial charge in [0, 0.05) is 17.5 Å². The summed E-state index contributed by atoms with van der Waals surface area (Å²) in [6.07, 6.45) is 1.10. The topological polar surface area (TPSA) is 4.44 Å². The van der Waals surface area contributed by atoms with Crippen LogP contribution in [0.3, 0.4) is 0 Å². The monoisotopic (exact) mass is 242 g/mol. The van der Waals surface area contributed by atoms with Gasteiger partial charge in [0.05, 0.1) is 6.54 Å². The van der Waals surface area contributed by atoms with E-state index < -0.39 is 0 Å². The van der Waals surface area contributed by atoms with Crippen molar-refractivity contribution >= 4 is 0 Å². The molecule has 0 radical (unpaired) electrons. The van der Waals surface area contributed by atoms with E-state index in [9.17, 15) is 4.39 Å². The van der Waals surface area contributed by atoms with Crippen LogP contribution >= 0.6 is 0 Å². The highest BCUT2D eigenvalue weighted by atomic mass is 19.1. The maximum absolute atomic E-state index is 13.6. The largest absolute Gasteiger partial charge is 0.327 e. The lowest BCUT2D eigenvalue weighted by atomic mass is 9.99. The van der Waals surface area contributed by atoms with Crippen LogP contribution in [0, 0.1) is 5.82 Å². The molecule has 0 amide bonds. The van der Waals surface area contributed by atoms with Crippen molar-refractivity contribution in [1.82, 2.24) is 0 Å². The van der Waals surface area contributed by atoms with E-state index in [4.69, 9.17) is 0 Å². The van der Waals surface area contributed by atoms with Gasteiger partial charge < -0.3 is 4.90 Å². The fraction of sp³-hybridized carbons (Fsp3) is 0.250. The van der Waals surface area contributed by atoms with Crippen LogP contribution in [0.5, 0.6) is 0 Å². The molecule has 0 saturated heterocycles. The minimum absolute atomic E-state index is 0.0798. The molecule has 0 bridgehead atoms. The fourth-order valence-corrected chi connectivity index (χ4v) is 2.70. The molecule has 0 fully saturated rings. The number of hydrogen-bond donors (Lipinski definition) is 1. The molecule has 2 heteroatoms. The van der Waals surface area contributed by atoms with E-state index in [1.165, 1.54) is 16.0 Å². The van der Waals surface area contributed by atoms with Crippen LogP contribution in [0.25, 0.3) is 0 Å². The number of halogens is 1.